The van der Waals surface area contributed by atoms with Gasteiger partial charge in [0.25, 0.3) is 11.4 Å². The molecule has 28 heavy (non-hydrogen) atoms. The zero-order valence-corrected chi connectivity index (χ0v) is 14.9. The topological polar surface area (TPSA) is 117 Å². The standard InChI is InChI=1S/C18H18N6O4/c25-23(26)17-7-3-1-5-15(17)13-19-21-9-11-22(12-10-21)20-14-16-6-2-4-8-18(16)24(27)28/h1-8,13-14H,9-12H2. The van der Waals surface area contributed by atoms with Crippen LogP contribution in [0.5, 0.6) is 0 Å². The molecule has 1 saturated heterocycles. The summed E-state index contributed by atoms with van der Waals surface area (Å²) in [4.78, 5) is 21.2. The Balaban J connectivity index is 1.58. The molecule has 0 amide bonds. The molecule has 0 saturated carbocycles. The molecule has 1 fully saturated rings. The Morgan fingerprint density at radius 1 is 0.714 bits per heavy atom. The summed E-state index contributed by atoms with van der Waals surface area (Å²) in [6.07, 6.45) is 2.98. The Labute approximate surface area is 160 Å². The van der Waals surface area contributed by atoms with Crippen LogP contribution in [0.25, 0.3) is 0 Å². The number of benzene rings is 2. The van der Waals surface area contributed by atoms with Gasteiger partial charge in [0, 0.05) is 12.1 Å². The van der Waals surface area contributed by atoms with Crippen LogP contribution < -0.4 is 0 Å². The molecule has 10 nitrogen and oxygen atoms in total. The number of nitro groups is 2. The van der Waals surface area contributed by atoms with Crippen LogP contribution in [0.2, 0.25) is 0 Å². The second-order valence-electron chi connectivity index (χ2n) is 6.03. The summed E-state index contributed by atoms with van der Waals surface area (Å²) in [5.74, 6) is 0. The Morgan fingerprint density at radius 3 is 1.43 bits per heavy atom. The SMILES string of the molecule is O=[N+]([O-])c1ccccc1C=NN1CCN(N=Cc2ccccc2[N+](=O)[O-])CC1. The molecule has 2 aromatic carbocycles. The normalized spacial score (nSPS) is 14.7. The van der Waals surface area contributed by atoms with Crippen LogP contribution in [0.4, 0.5) is 11.4 Å². The fraction of sp³-hybridized carbons (Fsp3) is 0.222. The third-order valence-corrected chi connectivity index (χ3v) is 4.22. The average Bonchev–Trinajstić information content (AvgIpc) is 2.71. The molecule has 1 aliphatic heterocycles. The van der Waals surface area contributed by atoms with E-state index in [0.717, 1.165) is 0 Å². The maximum Gasteiger partial charge on any atom is 0.278 e. The summed E-state index contributed by atoms with van der Waals surface area (Å²) in [7, 11) is 0. The summed E-state index contributed by atoms with van der Waals surface area (Å²) < 4.78 is 0. The number of nitro benzene ring substituents is 2. The minimum atomic E-state index is -0.434. The minimum absolute atomic E-state index is 0.0129. The lowest BCUT2D eigenvalue weighted by atomic mass is 10.2. The summed E-state index contributed by atoms with van der Waals surface area (Å²) in [5, 5.41) is 34.3. The molecular formula is C18H18N6O4. The van der Waals surface area contributed by atoms with Crippen molar-refractivity contribution in [3.05, 3.63) is 79.9 Å². The lowest BCUT2D eigenvalue weighted by Crippen LogP contribution is -2.41. The van der Waals surface area contributed by atoms with Crippen molar-refractivity contribution in [2.45, 2.75) is 0 Å². The fourth-order valence-electron chi connectivity index (χ4n) is 2.73. The van der Waals surface area contributed by atoms with Crippen molar-refractivity contribution < 1.29 is 9.85 Å². The highest BCUT2D eigenvalue weighted by atomic mass is 16.6. The van der Waals surface area contributed by atoms with Crippen LogP contribution in [0.3, 0.4) is 0 Å². The van der Waals surface area contributed by atoms with E-state index in [4.69, 9.17) is 0 Å². The molecule has 2 aromatic rings. The van der Waals surface area contributed by atoms with Crippen molar-refractivity contribution in [3.8, 4) is 0 Å². The van der Waals surface area contributed by atoms with Crippen molar-refractivity contribution in [2.75, 3.05) is 26.2 Å². The number of hydrogen-bond acceptors (Lipinski definition) is 8. The molecule has 0 atom stereocenters. The minimum Gasteiger partial charge on any atom is -0.293 e. The third-order valence-electron chi connectivity index (χ3n) is 4.22. The molecule has 144 valence electrons. The lowest BCUT2D eigenvalue weighted by Gasteiger charge is -2.31. The van der Waals surface area contributed by atoms with Gasteiger partial charge in [-0.15, -0.1) is 0 Å². The maximum absolute atomic E-state index is 11.0. The molecule has 0 aromatic heterocycles. The van der Waals surface area contributed by atoms with Crippen molar-refractivity contribution in [1.82, 2.24) is 10.0 Å². The first-order valence-electron chi connectivity index (χ1n) is 8.59. The molecule has 10 heteroatoms. The number of hydrogen-bond donors (Lipinski definition) is 0. The number of para-hydroxylation sites is 2. The largest absolute Gasteiger partial charge is 0.293 e. The van der Waals surface area contributed by atoms with Crippen molar-refractivity contribution in [1.29, 1.82) is 0 Å². The van der Waals surface area contributed by atoms with E-state index in [2.05, 4.69) is 10.2 Å². The predicted molar refractivity (Wildman–Crippen MR) is 105 cm³/mol. The first kappa shape index (κ1) is 19.0. The molecule has 3 rings (SSSR count). The highest BCUT2D eigenvalue weighted by Gasteiger charge is 2.16. The molecule has 0 spiro atoms. The third kappa shape index (κ3) is 4.67. The van der Waals surface area contributed by atoms with Crippen LogP contribution in [0.15, 0.2) is 58.7 Å². The van der Waals surface area contributed by atoms with Crippen molar-refractivity contribution >= 4 is 23.8 Å². The molecule has 0 aliphatic carbocycles. The number of piperazine rings is 1. The van der Waals surface area contributed by atoms with E-state index in [0.29, 0.717) is 37.3 Å². The van der Waals surface area contributed by atoms with E-state index >= 15 is 0 Å². The molecular weight excluding hydrogens is 364 g/mol. The van der Waals surface area contributed by atoms with Gasteiger partial charge in [0.05, 0.1) is 59.6 Å². The first-order chi connectivity index (χ1) is 13.5. The van der Waals surface area contributed by atoms with Gasteiger partial charge >= 0.3 is 0 Å². The van der Waals surface area contributed by atoms with Gasteiger partial charge < -0.3 is 0 Å². The Morgan fingerprint density at radius 2 is 1.07 bits per heavy atom. The highest BCUT2D eigenvalue weighted by Crippen LogP contribution is 2.17. The molecule has 0 bridgehead atoms. The summed E-state index contributed by atoms with van der Waals surface area (Å²) in [5.41, 5.74) is 0.923. The second-order valence-corrected chi connectivity index (χ2v) is 6.03. The van der Waals surface area contributed by atoms with Crippen molar-refractivity contribution in [3.63, 3.8) is 0 Å². The van der Waals surface area contributed by atoms with Gasteiger partial charge in [-0.2, -0.15) is 10.2 Å². The van der Waals surface area contributed by atoms with E-state index in [1.54, 1.807) is 36.4 Å². The molecule has 1 aliphatic rings. The number of hydrazone groups is 2. The molecule has 0 N–H and O–H groups in total. The van der Waals surface area contributed by atoms with Crippen LogP contribution in [0.1, 0.15) is 11.1 Å². The van der Waals surface area contributed by atoms with Gasteiger partial charge in [-0.05, 0) is 12.1 Å². The van der Waals surface area contributed by atoms with Crippen LogP contribution in [-0.2, 0) is 0 Å². The van der Waals surface area contributed by atoms with E-state index in [1.807, 2.05) is 10.0 Å². The van der Waals surface area contributed by atoms with E-state index < -0.39 is 9.85 Å². The predicted octanol–water partition coefficient (Wildman–Crippen LogP) is 2.49. The Hall–Kier alpha value is -3.82. The van der Waals surface area contributed by atoms with Crippen LogP contribution >= 0.6 is 0 Å². The Kier molecular flexibility index (Phi) is 5.90. The lowest BCUT2D eigenvalue weighted by molar-refractivity contribution is -0.385. The van der Waals surface area contributed by atoms with E-state index in [1.165, 1.54) is 24.6 Å². The summed E-state index contributed by atoms with van der Waals surface area (Å²) in [6.45, 7) is 2.35. The molecule has 1 heterocycles. The fourth-order valence-corrected chi connectivity index (χ4v) is 2.73. The van der Waals surface area contributed by atoms with Crippen LogP contribution in [0, 0.1) is 20.2 Å². The van der Waals surface area contributed by atoms with Crippen molar-refractivity contribution in [2.24, 2.45) is 10.2 Å². The van der Waals surface area contributed by atoms with Gasteiger partial charge in [-0.1, -0.05) is 24.3 Å². The molecule has 0 radical (unpaired) electrons. The van der Waals surface area contributed by atoms with Crippen LogP contribution in [-0.4, -0.2) is 58.5 Å². The number of rotatable bonds is 6. The molecule has 0 unspecified atom stereocenters. The monoisotopic (exact) mass is 382 g/mol. The first-order valence-corrected chi connectivity index (χ1v) is 8.59. The van der Waals surface area contributed by atoms with Gasteiger partial charge in [0.15, 0.2) is 0 Å². The quantitative estimate of drug-likeness (QED) is 0.430. The zero-order chi connectivity index (χ0) is 19.9. The summed E-state index contributed by atoms with van der Waals surface area (Å²) >= 11 is 0. The highest BCUT2D eigenvalue weighted by molar-refractivity contribution is 5.85. The summed E-state index contributed by atoms with van der Waals surface area (Å²) in [6, 6.07) is 12.9. The van der Waals surface area contributed by atoms with Gasteiger partial charge in [0.1, 0.15) is 0 Å². The average molecular weight is 382 g/mol. The smallest absolute Gasteiger partial charge is 0.278 e. The Bertz CT molecular complexity index is 846. The van der Waals surface area contributed by atoms with Gasteiger partial charge in [-0.25, -0.2) is 0 Å². The van der Waals surface area contributed by atoms with E-state index in [9.17, 15) is 20.2 Å². The van der Waals surface area contributed by atoms with E-state index in [-0.39, 0.29) is 11.4 Å². The van der Waals surface area contributed by atoms with Gasteiger partial charge in [-0.3, -0.25) is 30.2 Å². The van der Waals surface area contributed by atoms with Gasteiger partial charge in [0.2, 0.25) is 0 Å². The number of nitrogens with zero attached hydrogens (tertiary/aromatic N) is 6. The maximum atomic E-state index is 11.0. The second kappa shape index (κ2) is 8.71. The zero-order valence-electron chi connectivity index (χ0n) is 14.9.